The average Bonchev–Trinajstić information content (AvgIpc) is 2.61. The van der Waals surface area contributed by atoms with Crippen LogP contribution in [0.3, 0.4) is 0 Å². The first-order valence-corrected chi connectivity index (χ1v) is 8.71. The number of rotatable bonds is 9. The number of carbonyl (C=O) groups excluding carboxylic acids is 1. The Bertz CT molecular complexity index is 641. The number of nitrogens with one attached hydrogen (secondary N) is 1. The number of methoxy groups -OCH3 is 1. The fourth-order valence-corrected chi connectivity index (χ4v) is 2.76. The van der Waals surface area contributed by atoms with E-state index in [2.05, 4.69) is 24.4 Å². The van der Waals surface area contributed by atoms with Crippen LogP contribution in [-0.2, 0) is 17.8 Å². The molecule has 0 aliphatic carbocycles. The van der Waals surface area contributed by atoms with E-state index in [4.69, 9.17) is 4.74 Å². The van der Waals surface area contributed by atoms with Crippen LogP contribution in [0.4, 0.5) is 0 Å². The van der Waals surface area contributed by atoms with Crippen molar-refractivity contribution < 1.29 is 9.53 Å². The molecular formula is C21H28N2O2. The Morgan fingerprint density at radius 1 is 1.08 bits per heavy atom. The van der Waals surface area contributed by atoms with Gasteiger partial charge < -0.3 is 10.1 Å². The molecule has 2 aromatic carbocycles. The summed E-state index contributed by atoms with van der Waals surface area (Å²) in [6.07, 6.45) is 1.92. The van der Waals surface area contributed by atoms with Crippen LogP contribution >= 0.6 is 0 Å². The number of hydrogen-bond acceptors (Lipinski definition) is 3. The summed E-state index contributed by atoms with van der Waals surface area (Å²) in [5, 5.41) is 3.08. The molecule has 0 heterocycles. The van der Waals surface area contributed by atoms with Crippen LogP contribution in [0.1, 0.15) is 24.5 Å². The summed E-state index contributed by atoms with van der Waals surface area (Å²) in [7, 11) is 3.61. The smallest absolute Gasteiger partial charge is 0.234 e. The number of carbonyl (C=O) groups is 1. The zero-order chi connectivity index (χ0) is 18.1. The lowest BCUT2D eigenvalue weighted by Crippen LogP contribution is -2.39. The Balaban J connectivity index is 1.70. The Morgan fingerprint density at radius 2 is 1.76 bits per heavy atom. The van der Waals surface area contributed by atoms with Gasteiger partial charge in [-0.05, 0) is 50.1 Å². The number of ether oxygens (including phenoxy) is 1. The van der Waals surface area contributed by atoms with Gasteiger partial charge in [-0.1, -0.05) is 42.5 Å². The van der Waals surface area contributed by atoms with E-state index in [1.165, 1.54) is 5.56 Å². The van der Waals surface area contributed by atoms with Crippen molar-refractivity contribution in [3.63, 3.8) is 0 Å². The molecule has 0 radical (unpaired) electrons. The second kappa shape index (κ2) is 9.84. The molecule has 134 valence electrons. The van der Waals surface area contributed by atoms with Crippen molar-refractivity contribution in [1.29, 1.82) is 0 Å². The monoisotopic (exact) mass is 340 g/mol. The third kappa shape index (κ3) is 6.98. The van der Waals surface area contributed by atoms with Gasteiger partial charge in [0, 0.05) is 12.6 Å². The van der Waals surface area contributed by atoms with Crippen molar-refractivity contribution >= 4 is 5.91 Å². The quantitative estimate of drug-likeness (QED) is 0.762. The zero-order valence-electron chi connectivity index (χ0n) is 15.4. The second-order valence-corrected chi connectivity index (χ2v) is 6.51. The van der Waals surface area contributed by atoms with Gasteiger partial charge in [0.25, 0.3) is 0 Å². The molecule has 4 nitrogen and oxygen atoms in total. The molecule has 1 atom stereocenters. The minimum atomic E-state index is 0.0663. The van der Waals surface area contributed by atoms with Gasteiger partial charge in [0.2, 0.25) is 5.91 Å². The van der Waals surface area contributed by atoms with E-state index in [1.807, 2.05) is 54.4 Å². The minimum absolute atomic E-state index is 0.0663. The highest BCUT2D eigenvalue weighted by atomic mass is 16.5. The zero-order valence-corrected chi connectivity index (χ0v) is 15.4. The summed E-state index contributed by atoms with van der Waals surface area (Å²) >= 11 is 0. The normalized spacial score (nSPS) is 12.0. The summed E-state index contributed by atoms with van der Waals surface area (Å²) in [6, 6.07) is 18.5. The van der Waals surface area contributed by atoms with Crippen molar-refractivity contribution in [3.05, 3.63) is 65.7 Å². The molecule has 0 saturated carbocycles. The lowest BCUT2D eigenvalue weighted by molar-refractivity contribution is -0.122. The molecule has 0 bridgehead atoms. The number of hydrogen-bond donors (Lipinski definition) is 1. The molecule has 0 aliphatic rings. The standard InChI is InChI=1S/C21H28N2O2/c1-17(9-10-18-7-5-4-6-8-18)22-21(24)16-23(2)15-19-11-13-20(25-3)14-12-19/h4-8,11-14,17H,9-10,15-16H2,1-3H3,(H,22,24). The van der Waals surface area contributed by atoms with Crippen LogP contribution in [-0.4, -0.2) is 37.6 Å². The van der Waals surface area contributed by atoms with Crippen LogP contribution in [0.25, 0.3) is 0 Å². The van der Waals surface area contributed by atoms with Crippen LogP contribution in [0.2, 0.25) is 0 Å². The average molecular weight is 340 g/mol. The molecule has 1 amide bonds. The van der Waals surface area contributed by atoms with E-state index in [1.54, 1.807) is 7.11 Å². The van der Waals surface area contributed by atoms with E-state index < -0.39 is 0 Å². The molecule has 1 N–H and O–H groups in total. The summed E-state index contributed by atoms with van der Waals surface area (Å²) in [5.41, 5.74) is 2.47. The van der Waals surface area contributed by atoms with Gasteiger partial charge in [-0.2, -0.15) is 0 Å². The molecule has 0 spiro atoms. The summed E-state index contributed by atoms with van der Waals surface area (Å²) in [6.45, 7) is 3.18. The molecule has 0 aliphatic heterocycles. The third-order valence-electron chi connectivity index (χ3n) is 4.14. The first-order chi connectivity index (χ1) is 12.1. The molecule has 0 saturated heterocycles. The molecule has 2 aromatic rings. The Labute approximate surface area is 150 Å². The molecule has 4 heteroatoms. The Morgan fingerprint density at radius 3 is 2.40 bits per heavy atom. The molecular weight excluding hydrogens is 312 g/mol. The Hall–Kier alpha value is -2.33. The number of nitrogens with zero attached hydrogens (tertiary/aromatic N) is 1. The number of likely N-dealkylation sites (N-methyl/N-ethyl adjacent to an activating group) is 1. The summed E-state index contributed by atoms with van der Waals surface area (Å²) in [5.74, 6) is 0.910. The molecule has 2 rings (SSSR count). The van der Waals surface area contributed by atoms with E-state index >= 15 is 0 Å². The SMILES string of the molecule is COc1ccc(CN(C)CC(=O)NC(C)CCc2ccccc2)cc1. The van der Waals surface area contributed by atoms with Gasteiger partial charge in [-0.25, -0.2) is 0 Å². The van der Waals surface area contributed by atoms with Crippen molar-refractivity contribution in [3.8, 4) is 5.75 Å². The van der Waals surface area contributed by atoms with Crippen LogP contribution < -0.4 is 10.1 Å². The van der Waals surface area contributed by atoms with E-state index in [0.29, 0.717) is 6.54 Å². The van der Waals surface area contributed by atoms with Gasteiger partial charge in [-0.3, -0.25) is 9.69 Å². The van der Waals surface area contributed by atoms with Gasteiger partial charge in [0.15, 0.2) is 0 Å². The first-order valence-electron chi connectivity index (χ1n) is 8.71. The first kappa shape index (κ1) is 19.0. The van der Waals surface area contributed by atoms with Gasteiger partial charge >= 0.3 is 0 Å². The summed E-state index contributed by atoms with van der Waals surface area (Å²) < 4.78 is 5.16. The van der Waals surface area contributed by atoms with Gasteiger partial charge in [0.1, 0.15) is 5.75 Å². The van der Waals surface area contributed by atoms with Crippen LogP contribution in [0, 0.1) is 0 Å². The molecule has 25 heavy (non-hydrogen) atoms. The fourth-order valence-electron chi connectivity index (χ4n) is 2.76. The summed E-state index contributed by atoms with van der Waals surface area (Å²) in [4.78, 5) is 14.2. The van der Waals surface area contributed by atoms with Crippen LogP contribution in [0.5, 0.6) is 5.75 Å². The Kier molecular flexibility index (Phi) is 7.48. The highest BCUT2D eigenvalue weighted by Crippen LogP contribution is 2.12. The lowest BCUT2D eigenvalue weighted by atomic mass is 10.1. The van der Waals surface area contributed by atoms with E-state index in [9.17, 15) is 4.79 Å². The number of amides is 1. The molecule has 1 unspecified atom stereocenters. The van der Waals surface area contributed by atoms with E-state index in [-0.39, 0.29) is 11.9 Å². The van der Waals surface area contributed by atoms with Crippen LogP contribution in [0.15, 0.2) is 54.6 Å². The lowest BCUT2D eigenvalue weighted by Gasteiger charge is -2.19. The maximum atomic E-state index is 12.2. The van der Waals surface area contributed by atoms with Crippen molar-refractivity contribution in [2.24, 2.45) is 0 Å². The van der Waals surface area contributed by atoms with Gasteiger partial charge in [0.05, 0.1) is 13.7 Å². The topological polar surface area (TPSA) is 41.6 Å². The second-order valence-electron chi connectivity index (χ2n) is 6.51. The number of benzene rings is 2. The van der Waals surface area contributed by atoms with Crippen molar-refractivity contribution in [1.82, 2.24) is 10.2 Å². The van der Waals surface area contributed by atoms with Crippen molar-refractivity contribution in [2.75, 3.05) is 20.7 Å². The highest BCUT2D eigenvalue weighted by molar-refractivity contribution is 5.78. The largest absolute Gasteiger partial charge is 0.497 e. The predicted octanol–water partition coefficient (Wildman–Crippen LogP) is 3.26. The highest BCUT2D eigenvalue weighted by Gasteiger charge is 2.10. The van der Waals surface area contributed by atoms with Crippen molar-refractivity contribution in [2.45, 2.75) is 32.4 Å². The maximum absolute atomic E-state index is 12.2. The third-order valence-corrected chi connectivity index (χ3v) is 4.14. The predicted molar refractivity (Wildman–Crippen MR) is 102 cm³/mol. The van der Waals surface area contributed by atoms with E-state index in [0.717, 1.165) is 30.7 Å². The minimum Gasteiger partial charge on any atom is -0.497 e. The number of aryl methyl sites for hydroxylation is 1. The maximum Gasteiger partial charge on any atom is 0.234 e. The molecule has 0 aromatic heterocycles. The fraction of sp³-hybridized carbons (Fsp3) is 0.381. The molecule has 0 fully saturated rings. The van der Waals surface area contributed by atoms with Gasteiger partial charge in [-0.15, -0.1) is 0 Å².